The minimum atomic E-state index is -7.15. The molecule has 0 saturated carbocycles. The van der Waals surface area contributed by atoms with Gasteiger partial charge in [0.1, 0.15) is 0 Å². The van der Waals surface area contributed by atoms with Crippen molar-refractivity contribution >= 4 is 23.2 Å². The zero-order valence-corrected chi connectivity index (χ0v) is 11.1. The van der Waals surface area contributed by atoms with Gasteiger partial charge in [-0.2, -0.15) is 39.5 Å². The number of nitrogens with one attached hydrogen (secondary N) is 1. The van der Waals surface area contributed by atoms with Gasteiger partial charge in [0, 0.05) is 6.20 Å². The highest BCUT2D eigenvalue weighted by atomic mass is 35.5. The molecule has 1 rings (SSSR count). The third kappa shape index (κ3) is 3.16. The lowest BCUT2D eigenvalue weighted by molar-refractivity contribution is -0.388. The Morgan fingerprint density at radius 1 is 1.00 bits per heavy atom. The second kappa shape index (κ2) is 5.73. The van der Waals surface area contributed by atoms with Crippen molar-refractivity contribution in [2.24, 2.45) is 0 Å². The molecule has 0 atom stereocenters. The summed E-state index contributed by atoms with van der Waals surface area (Å²) in [7, 11) is 0. The lowest BCUT2D eigenvalue weighted by atomic mass is 10.0. The average Bonchev–Trinajstić information content (AvgIpc) is 2.39. The highest BCUT2D eigenvalue weighted by Gasteiger charge is 2.83. The molecule has 130 valence electrons. The van der Waals surface area contributed by atoms with Crippen molar-refractivity contribution in [2.45, 2.75) is 23.9 Å². The second-order valence-electron chi connectivity index (χ2n) is 4.02. The fourth-order valence-corrected chi connectivity index (χ4v) is 1.36. The number of anilines is 1. The van der Waals surface area contributed by atoms with Gasteiger partial charge in [-0.25, -0.2) is 4.98 Å². The summed E-state index contributed by atoms with van der Waals surface area (Å²) >= 11 is 5.31. The normalized spacial score (nSPS) is 13.8. The van der Waals surface area contributed by atoms with E-state index in [4.69, 9.17) is 11.6 Å². The van der Waals surface area contributed by atoms with E-state index in [1.807, 2.05) is 0 Å². The smallest absolute Gasteiger partial charge is 0.318 e. The van der Waals surface area contributed by atoms with Crippen molar-refractivity contribution < 1.29 is 44.3 Å². The molecular weight excluding hydrogens is 371 g/mol. The molecular formula is C10H4ClF9N2O. The molecule has 0 saturated heterocycles. The van der Waals surface area contributed by atoms with Gasteiger partial charge in [0.2, 0.25) is 0 Å². The van der Waals surface area contributed by atoms with Gasteiger partial charge in [-0.1, -0.05) is 11.6 Å². The van der Waals surface area contributed by atoms with Crippen LogP contribution >= 0.6 is 11.6 Å². The topological polar surface area (TPSA) is 42.0 Å². The molecule has 0 radical (unpaired) electrons. The van der Waals surface area contributed by atoms with Gasteiger partial charge in [0.15, 0.2) is 5.15 Å². The van der Waals surface area contributed by atoms with E-state index in [1.54, 1.807) is 0 Å². The first kappa shape index (κ1) is 19.3. The van der Waals surface area contributed by atoms with E-state index >= 15 is 0 Å². The Hall–Kier alpha value is -1.72. The van der Waals surface area contributed by atoms with E-state index in [2.05, 4.69) is 4.98 Å². The number of carbonyl (C=O) groups excluding carboxylic acids is 1. The third-order valence-electron chi connectivity index (χ3n) is 2.44. The summed E-state index contributed by atoms with van der Waals surface area (Å²) in [6.07, 6.45) is -6.01. The summed E-state index contributed by atoms with van der Waals surface area (Å²) in [5.41, 5.74) is -0.787. The number of aromatic nitrogens is 1. The van der Waals surface area contributed by atoms with Gasteiger partial charge in [-0.05, 0) is 12.1 Å². The SMILES string of the molecule is O=C(Nc1cccnc1Cl)C(F)(F)C(F)(F)C(F)(F)C(F)(F)F. The zero-order chi connectivity index (χ0) is 18.3. The first-order valence-electron chi connectivity index (χ1n) is 5.28. The van der Waals surface area contributed by atoms with Crippen molar-refractivity contribution in [3.63, 3.8) is 0 Å². The molecule has 0 fully saturated rings. The lowest BCUT2D eigenvalue weighted by Crippen LogP contribution is -2.64. The predicted octanol–water partition coefficient (Wildman–Crippen LogP) is 4.14. The summed E-state index contributed by atoms with van der Waals surface area (Å²) in [6, 6.07) is 1.78. The minimum absolute atomic E-state index is 0.678. The van der Waals surface area contributed by atoms with Gasteiger partial charge in [-0.15, -0.1) is 0 Å². The number of carbonyl (C=O) groups is 1. The Labute approximate surface area is 126 Å². The van der Waals surface area contributed by atoms with Gasteiger partial charge in [-0.3, -0.25) is 4.79 Å². The summed E-state index contributed by atoms with van der Waals surface area (Å²) < 4.78 is 113. The number of pyridine rings is 1. The molecule has 1 aromatic heterocycles. The van der Waals surface area contributed by atoms with Crippen LogP contribution in [0, 0.1) is 0 Å². The molecule has 23 heavy (non-hydrogen) atoms. The molecule has 1 N–H and O–H groups in total. The molecule has 0 aliphatic rings. The van der Waals surface area contributed by atoms with Crippen molar-refractivity contribution in [1.29, 1.82) is 0 Å². The van der Waals surface area contributed by atoms with Gasteiger partial charge < -0.3 is 5.32 Å². The maximum atomic E-state index is 13.2. The summed E-state index contributed by atoms with van der Waals surface area (Å²) in [6.45, 7) is 0. The lowest BCUT2D eigenvalue weighted by Gasteiger charge is -2.32. The molecule has 0 aliphatic carbocycles. The predicted molar refractivity (Wildman–Crippen MR) is 58.8 cm³/mol. The Morgan fingerprint density at radius 3 is 1.96 bits per heavy atom. The van der Waals surface area contributed by atoms with Crippen LogP contribution < -0.4 is 5.32 Å². The standard InChI is InChI=1S/C10H4ClF9N2O/c11-5-4(2-1-3-21-5)22-6(23)7(12,13)8(14,15)9(16,17)10(18,19)20/h1-3H,(H,22,23). The van der Waals surface area contributed by atoms with Crippen LogP contribution in [0.4, 0.5) is 45.2 Å². The molecule has 0 aliphatic heterocycles. The van der Waals surface area contributed by atoms with E-state index in [0.29, 0.717) is 0 Å². The molecule has 13 heteroatoms. The van der Waals surface area contributed by atoms with E-state index in [1.165, 1.54) is 0 Å². The highest BCUT2D eigenvalue weighted by molar-refractivity contribution is 6.32. The molecule has 0 unspecified atom stereocenters. The van der Waals surface area contributed by atoms with E-state index in [0.717, 1.165) is 23.6 Å². The first-order chi connectivity index (χ1) is 10.2. The maximum absolute atomic E-state index is 13.2. The minimum Gasteiger partial charge on any atom is -0.318 e. The number of hydrogen-bond donors (Lipinski definition) is 1. The van der Waals surface area contributed by atoms with E-state index in [-0.39, 0.29) is 0 Å². The average molecular weight is 375 g/mol. The fraction of sp³-hybridized carbons (Fsp3) is 0.400. The number of halogens is 10. The summed E-state index contributed by atoms with van der Waals surface area (Å²) in [5, 5.41) is 0.338. The molecule has 0 spiro atoms. The van der Waals surface area contributed by atoms with Crippen LogP contribution in [0.25, 0.3) is 0 Å². The van der Waals surface area contributed by atoms with E-state index < -0.39 is 40.7 Å². The number of hydrogen-bond acceptors (Lipinski definition) is 2. The van der Waals surface area contributed by atoms with Crippen LogP contribution in [0.3, 0.4) is 0 Å². The van der Waals surface area contributed by atoms with Crippen LogP contribution in [0.1, 0.15) is 0 Å². The highest BCUT2D eigenvalue weighted by Crippen LogP contribution is 2.53. The molecule has 1 amide bonds. The first-order valence-corrected chi connectivity index (χ1v) is 5.66. The number of rotatable bonds is 4. The number of alkyl halides is 9. The van der Waals surface area contributed by atoms with E-state index in [9.17, 15) is 44.3 Å². The number of nitrogens with zero attached hydrogens (tertiary/aromatic N) is 1. The Bertz CT molecular complexity index is 602. The van der Waals surface area contributed by atoms with Crippen molar-refractivity contribution in [1.82, 2.24) is 4.98 Å². The molecule has 1 aromatic rings. The van der Waals surface area contributed by atoms with Crippen LogP contribution in [0.2, 0.25) is 5.15 Å². The summed E-state index contributed by atoms with van der Waals surface area (Å²) in [4.78, 5) is 14.3. The maximum Gasteiger partial charge on any atom is 0.460 e. The van der Waals surface area contributed by atoms with Gasteiger partial charge in [0.05, 0.1) is 5.69 Å². The Balaban J connectivity index is 3.19. The van der Waals surface area contributed by atoms with Crippen LogP contribution in [0.15, 0.2) is 18.3 Å². The molecule has 1 heterocycles. The monoisotopic (exact) mass is 374 g/mol. The Morgan fingerprint density at radius 2 is 1.52 bits per heavy atom. The van der Waals surface area contributed by atoms with Crippen LogP contribution in [0.5, 0.6) is 0 Å². The van der Waals surface area contributed by atoms with Gasteiger partial charge >= 0.3 is 29.9 Å². The van der Waals surface area contributed by atoms with Crippen LogP contribution in [-0.2, 0) is 4.79 Å². The quantitative estimate of drug-likeness (QED) is 0.636. The zero-order valence-electron chi connectivity index (χ0n) is 10.4. The third-order valence-corrected chi connectivity index (χ3v) is 2.74. The number of amides is 1. The summed E-state index contributed by atoms with van der Waals surface area (Å²) in [5.74, 6) is -23.7. The van der Waals surface area contributed by atoms with Crippen molar-refractivity contribution in [3.05, 3.63) is 23.5 Å². The largest absolute Gasteiger partial charge is 0.460 e. The van der Waals surface area contributed by atoms with Crippen molar-refractivity contribution in [2.75, 3.05) is 5.32 Å². The Kier molecular flexibility index (Phi) is 4.81. The van der Waals surface area contributed by atoms with Crippen molar-refractivity contribution in [3.8, 4) is 0 Å². The van der Waals surface area contributed by atoms with Crippen LogP contribution in [-0.4, -0.2) is 34.8 Å². The fourth-order valence-electron chi connectivity index (χ4n) is 1.20. The molecule has 0 bridgehead atoms. The second-order valence-corrected chi connectivity index (χ2v) is 4.37. The molecule has 3 nitrogen and oxygen atoms in total. The van der Waals surface area contributed by atoms with Gasteiger partial charge in [0.25, 0.3) is 0 Å². The molecule has 0 aromatic carbocycles.